The van der Waals surface area contributed by atoms with Crippen molar-refractivity contribution >= 4 is 27.5 Å². The number of sulfonamides is 1. The Balaban J connectivity index is 2.00. The second-order valence-corrected chi connectivity index (χ2v) is 10.3. The normalized spacial score (nSPS) is 12.0. The molecule has 1 N–H and O–H groups in total. The SMILES string of the molecule is CCc1ccccc1N(CC(=O)N(CCc1ccccc1)[C@H](C)C(=O)NC)S(=O)(=O)c1ccccc1. The van der Waals surface area contributed by atoms with Gasteiger partial charge >= 0.3 is 0 Å². The van der Waals surface area contributed by atoms with Crippen LogP contribution in [0.25, 0.3) is 0 Å². The van der Waals surface area contributed by atoms with E-state index in [1.807, 2.05) is 49.4 Å². The fraction of sp³-hybridized carbons (Fsp3) is 0.286. The molecular weight excluding hydrogens is 474 g/mol. The van der Waals surface area contributed by atoms with E-state index in [1.54, 1.807) is 37.3 Å². The number of benzene rings is 3. The summed E-state index contributed by atoms with van der Waals surface area (Å²) in [6.45, 7) is 3.43. The lowest BCUT2D eigenvalue weighted by Gasteiger charge is -2.32. The van der Waals surface area contributed by atoms with Crippen molar-refractivity contribution in [3.05, 3.63) is 96.1 Å². The Bertz CT molecular complexity index is 1260. The van der Waals surface area contributed by atoms with Crippen molar-refractivity contribution in [1.82, 2.24) is 10.2 Å². The van der Waals surface area contributed by atoms with Gasteiger partial charge in [0.2, 0.25) is 11.8 Å². The number of nitrogens with zero attached hydrogens (tertiary/aromatic N) is 2. The number of hydrogen-bond acceptors (Lipinski definition) is 4. The molecule has 36 heavy (non-hydrogen) atoms. The molecule has 0 saturated heterocycles. The Morgan fingerprint density at radius 3 is 2.08 bits per heavy atom. The first-order chi connectivity index (χ1) is 17.3. The summed E-state index contributed by atoms with van der Waals surface area (Å²) < 4.78 is 28.7. The van der Waals surface area contributed by atoms with Gasteiger partial charge in [-0.3, -0.25) is 13.9 Å². The highest BCUT2D eigenvalue weighted by Gasteiger charge is 2.32. The van der Waals surface area contributed by atoms with E-state index in [1.165, 1.54) is 24.1 Å². The second kappa shape index (κ2) is 12.4. The summed E-state index contributed by atoms with van der Waals surface area (Å²) in [6.07, 6.45) is 1.13. The predicted molar refractivity (Wildman–Crippen MR) is 142 cm³/mol. The molecule has 0 saturated carbocycles. The topological polar surface area (TPSA) is 86.8 Å². The van der Waals surface area contributed by atoms with Crippen LogP contribution < -0.4 is 9.62 Å². The summed E-state index contributed by atoms with van der Waals surface area (Å²) in [5, 5.41) is 2.59. The molecule has 0 aliphatic heterocycles. The Hall–Kier alpha value is -3.65. The summed E-state index contributed by atoms with van der Waals surface area (Å²) in [7, 11) is -2.53. The molecule has 0 radical (unpaired) electrons. The van der Waals surface area contributed by atoms with Gasteiger partial charge < -0.3 is 10.2 Å². The molecule has 1 atom stereocenters. The summed E-state index contributed by atoms with van der Waals surface area (Å²) in [5.74, 6) is -0.768. The van der Waals surface area contributed by atoms with Crippen LogP contribution in [0.15, 0.2) is 89.8 Å². The molecule has 3 rings (SSSR count). The van der Waals surface area contributed by atoms with Crippen LogP contribution in [0.5, 0.6) is 0 Å². The average Bonchev–Trinajstić information content (AvgIpc) is 2.92. The maximum Gasteiger partial charge on any atom is 0.264 e. The van der Waals surface area contributed by atoms with E-state index in [4.69, 9.17) is 0 Å². The number of carbonyl (C=O) groups is 2. The smallest absolute Gasteiger partial charge is 0.264 e. The van der Waals surface area contributed by atoms with Crippen LogP contribution in [0, 0.1) is 0 Å². The van der Waals surface area contributed by atoms with Gasteiger partial charge in [0.05, 0.1) is 10.6 Å². The lowest BCUT2D eigenvalue weighted by atomic mass is 10.1. The Labute approximate surface area is 213 Å². The summed E-state index contributed by atoms with van der Waals surface area (Å²) in [4.78, 5) is 27.8. The van der Waals surface area contributed by atoms with Crippen molar-refractivity contribution in [2.75, 3.05) is 24.4 Å². The zero-order valence-electron chi connectivity index (χ0n) is 20.9. The van der Waals surface area contributed by atoms with Crippen molar-refractivity contribution in [3.8, 4) is 0 Å². The van der Waals surface area contributed by atoms with Crippen LogP contribution in [0.1, 0.15) is 25.0 Å². The fourth-order valence-electron chi connectivity index (χ4n) is 4.07. The molecule has 0 unspecified atom stereocenters. The molecule has 0 aliphatic carbocycles. The summed E-state index contributed by atoms with van der Waals surface area (Å²) in [6, 6.07) is 24.1. The van der Waals surface area contributed by atoms with E-state index in [2.05, 4.69) is 5.32 Å². The molecule has 190 valence electrons. The largest absolute Gasteiger partial charge is 0.357 e. The summed E-state index contributed by atoms with van der Waals surface area (Å²) >= 11 is 0. The van der Waals surface area contributed by atoms with E-state index in [-0.39, 0.29) is 17.3 Å². The molecule has 7 nitrogen and oxygen atoms in total. The lowest BCUT2D eigenvalue weighted by Crippen LogP contribution is -2.51. The number of rotatable bonds is 11. The standard InChI is InChI=1S/C28H33N3O4S/c1-4-24-15-11-12-18-26(24)31(36(34,35)25-16-9-6-10-17-25)21-27(32)30(22(2)28(33)29-3)20-19-23-13-7-5-8-14-23/h5-18,22H,4,19-21H2,1-3H3,(H,29,33)/t22-/m1/s1. The first kappa shape index (κ1) is 26.9. The van der Waals surface area contributed by atoms with Crippen LogP contribution in [-0.2, 0) is 32.5 Å². The van der Waals surface area contributed by atoms with Gasteiger partial charge in [-0.1, -0.05) is 73.7 Å². The van der Waals surface area contributed by atoms with Gasteiger partial charge in [-0.05, 0) is 49.1 Å². The van der Waals surface area contributed by atoms with E-state index in [0.717, 1.165) is 15.4 Å². The first-order valence-electron chi connectivity index (χ1n) is 12.0. The van der Waals surface area contributed by atoms with Gasteiger partial charge in [-0.25, -0.2) is 8.42 Å². The van der Waals surface area contributed by atoms with Gasteiger partial charge in [-0.15, -0.1) is 0 Å². The maximum atomic E-state index is 13.8. The van der Waals surface area contributed by atoms with E-state index < -0.39 is 28.5 Å². The van der Waals surface area contributed by atoms with Crippen LogP contribution in [-0.4, -0.2) is 51.3 Å². The van der Waals surface area contributed by atoms with Gasteiger partial charge in [-0.2, -0.15) is 0 Å². The van der Waals surface area contributed by atoms with E-state index >= 15 is 0 Å². The number of para-hydroxylation sites is 1. The number of anilines is 1. The number of hydrogen-bond donors (Lipinski definition) is 1. The highest BCUT2D eigenvalue weighted by molar-refractivity contribution is 7.92. The summed E-state index contributed by atoms with van der Waals surface area (Å²) in [5.41, 5.74) is 2.28. The molecular formula is C28H33N3O4S. The number of amides is 2. The first-order valence-corrected chi connectivity index (χ1v) is 13.4. The lowest BCUT2D eigenvalue weighted by molar-refractivity contribution is -0.138. The zero-order valence-corrected chi connectivity index (χ0v) is 21.7. The van der Waals surface area contributed by atoms with Crippen LogP contribution in [0.2, 0.25) is 0 Å². The third-order valence-corrected chi connectivity index (χ3v) is 7.92. The van der Waals surface area contributed by atoms with Crippen molar-refractivity contribution in [3.63, 3.8) is 0 Å². The molecule has 0 heterocycles. The van der Waals surface area contributed by atoms with E-state index in [0.29, 0.717) is 18.5 Å². The van der Waals surface area contributed by atoms with Gasteiger partial charge in [0.25, 0.3) is 10.0 Å². The van der Waals surface area contributed by atoms with Gasteiger partial charge in [0.15, 0.2) is 0 Å². The Kier molecular flexibility index (Phi) is 9.25. The molecule has 0 fully saturated rings. The minimum absolute atomic E-state index is 0.0962. The second-order valence-electron chi connectivity index (χ2n) is 8.42. The Morgan fingerprint density at radius 1 is 0.889 bits per heavy atom. The number of likely N-dealkylation sites (N-methyl/N-ethyl adjacent to an activating group) is 1. The molecule has 3 aromatic carbocycles. The molecule has 2 amide bonds. The minimum atomic E-state index is -4.05. The quantitative estimate of drug-likeness (QED) is 0.429. The molecule has 0 spiro atoms. The monoisotopic (exact) mass is 507 g/mol. The van der Waals surface area contributed by atoms with Crippen LogP contribution in [0.3, 0.4) is 0 Å². The maximum absolute atomic E-state index is 13.8. The van der Waals surface area contributed by atoms with Crippen molar-refractivity contribution in [2.24, 2.45) is 0 Å². The van der Waals surface area contributed by atoms with Gasteiger partial charge in [0.1, 0.15) is 12.6 Å². The van der Waals surface area contributed by atoms with Crippen molar-refractivity contribution in [2.45, 2.75) is 37.6 Å². The van der Waals surface area contributed by atoms with Crippen molar-refractivity contribution in [1.29, 1.82) is 0 Å². The number of aryl methyl sites for hydroxylation is 1. The Morgan fingerprint density at radius 2 is 1.47 bits per heavy atom. The van der Waals surface area contributed by atoms with E-state index in [9.17, 15) is 18.0 Å². The molecule has 0 bridgehead atoms. The van der Waals surface area contributed by atoms with Gasteiger partial charge in [0, 0.05) is 13.6 Å². The molecule has 0 aromatic heterocycles. The zero-order chi connectivity index (χ0) is 26.1. The number of carbonyl (C=O) groups excluding carboxylic acids is 2. The third-order valence-electron chi connectivity index (χ3n) is 6.15. The third kappa shape index (κ3) is 6.31. The number of nitrogens with one attached hydrogen (secondary N) is 1. The highest BCUT2D eigenvalue weighted by Crippen LogP contribution is 2.28. The van der Waals surface area contributed by atoms with Crippen LogP contribution >= 0.6 is 0 Å². The predicted octanol–water partition coefficient (Wildman–Crippen LogP) is 3.65. The van der Waals surface area contributed by atoms with Crippen LogP contribution in [0.4, 0.5) is 5.69 Å². The molecule has 8 heteroatoms. The minimum Gasteiger partial charge on any atom is -0.357 e. The average molecular weight is 508 g/mol. The van der Waals surface area contributed by atoms with Crippen molar-refractivity contribution < 1.29 is 18.0 Å². The highest BCUT2D eigenvalue weighted by atomic mass is 32.2. The molecule has 0 aliphatic rings. The fourth-order valence-corrected chi connectivity index (χ4v) is 5.54. The molecule has 3 aromatic rings.